The standard InChI is InChI=1S/C18H21BrN2O3S2/c1-21(14-5-3-2-4-6-14)26(23,24)15-9-7-13(8-10-15)20-18(22)16-11-12-17(19)25-16/h7-12,14H,2-6H2,1H3,(H,20,22). The van der Waals surface area contributed by atoms with Gasteiger partial charge in [-0.05, 0) is 65.2 Å². The van der Waals surface area contributed by atoms with Gasteiger partial charge in [-0.1, -0.05) is 19.3 Å². The number of sulfonamides is 1. The summed E-state index contributed by atoms with van der Waals surface area (Å²) in [5.74, 6) is -0.212. The third kappa shape index (κ3) is 4.36. The van der Waals surface area contributed by atoms with Crippen LogP contribution in [0.2, 0.25) is 0 Å². The molecule has 1 saturated carbocycles. The van der Waals surface area contributed by atoms with Crippen LogP contribution in [0.5, 0.6) is 0 Å². The van der Waals surface area contributed by atoms with E-state index in [1.54, 1.807) is 37.4 Å². The zero-order chi connectivity index (χ0) is 18.7. The Morgan fingerprint density at radius 3 is 2.35 bits per heavy atom. The highest BCUT2D eigenvalue weighted by molar-refractivity contribution is 9.11. The van der Waals surface area contributed by atoms with Gasteiger partial charge < -0.3 is 5.32 Å². The highest BCUT2D eigenvalue weighted by atomic mass is 79.9. The van der Waals surface area contributed by atoms with E-state index in [2.05, 4.69) is 21.2 Å². The first kappa shape index (κ1) is 19.5. The Hall–Kier alpha value is -1.22. The minimum atomic E-state index is -3.52. The van der Waals surface area contributed by atoms with Gasteiger partial charge in [-0.15, -0.1) is 11.3 Å². The number of hydrogen-bond donors (Lipinski definition) is 1. The fraction of sp³-hybridized carbons (Fsp3) is 0.389. The van der Waals surface area contributed by atoms with Crippen LogP contribution in [-0.2, 0) is 10.0 Å². The van der Waals surface area contributed by atoms with Gasteiger partial charge in [0, 0.05) is 18.8 Å². The Labute approximate surface area is 166 Å². The van der Waals surface area contributed by atoms with Crippen molar-refractivity contribution >= 4 is 48.9 Å². The van der Waals surface area contributed by atoms with Crippen molar-refractivity contribution in [3.63, 3.8) is 0 Å². The van der Waals surface area contributed by atoms with Gasteiger partial charge in [-0.2, -0.15) is 4.31 Å². The molecule has 1 N–H and O–H groups in total. The van der Waals surface area contributed by atoms with Crippen LogP contribution in [0.1, 0.15) is 41.8 Å². The van der Waals surface area contributed by atoms with E-state index < -0.39 is 10.0 Å². The molecule has 0 atom stereocenters. The number of thiophene rings is 1. The molecule has 1 amide bonds. The van der Waals surface area contributed by atoms with E-state index in [1.165, 1.54) is 22.1 Å². The molecule has 0 unspecified atom stereocenters. The number of anilines is 1. The molecule has 0 spiro atoms. The number of amides is 1. The first-order chi connectivity index (χ1) is 12.4. The molecular formula is C18H21BrN2O3S2. The van der Waals surface area contributed by atoms with E-state index >= 15 is 0 Å². The van der Waals surface area contributed by atoms with E-state index in [0.29, 0.717) is 10.6 Å². The summed E-state index contributed by atoms with van der Waals surface area (Å²) in [6.07, 6.45) is 5.17. The van der Waals surface area contributed by atoms with Crippen molar-refractivity contribution in [1.82, 2.24) is 4.31 Å². The van der Waals surface area contributed by atoms with Crippen LogP contribution < -0.4 is 5.32 Å². The van der Waals surface area contributed by atoms with E-state index in [0.717, 1.165) is 29.5 Å². The van der Waals surface area contributed by atoms with Gasteiger partial charge in [0.2, 0.25) is 10.0 Å². The molecule has 3 rings (SSSR count). The summed E-state index contributed by atoms with van der Waals surface area (Å²) in [6.45, 7) is 0. The maximum atomic E-state index is 12.8. The van der Waals surface area contributed by atoms with Crippen molar-refractivity contribution in [2.24, 2.45) is 0 Å². The number of carbonyl (C=O) groups excluding carboxylic acids is 1. The van der Waals surface area contributed by atoms with Crippen molar-refractivity contribution < 1.29 is 13.2 Å². The van der Waals surface area contributed by atoms with Crippen LogP contribution in [0.3, 0.4) is 0 Å². The summed E-state index contributed by atoms with van der Waals surface area (Å²) in [5.41, 5.74) is 0.568. The van der Waals surface area contributed by atoms with Crippen molar-refractivity contribution in [1.29, 1.82) is 0 Å². The Balaban J connectivity index is 1.70. The van der Waals surface area contributed by atoms with Crippen LogP contribution in [0.4, 0.5) is 5.69 Å². The molecule has 1 aromatic heterocycles. The molecule has 140 valence electrons. The second-order valence-electron chi connectivity index (χ2n) is 6.40. The van der Waals surface area contributed by atoms with Crippen LogP contribution in [-0.4, -0.2) is 31.7 Å². The van der Waals surface area contributed by atoms with Gasteiger partial charge in [0.1, 0.15) is 0 Å². The summed E-state index contributed by atoms with van der Waals surface area (Å²) in [6, 6.07) is 9.98. The SMILES string of the molecule is CN(C1CCCCC1)S(=O)(=O)c1ccc(NC(=O)c2ccc(Br)s2)cc1. The average molecular weight is 457 g/mol. The fourth-order valence-corrected chi connectivity index (χ4v) is 5.84. The minimum Gasteiger partial charge on any atom is -0.321 e. The van der Waals surface area contributed by atoms with Crippen LogP contribution in [0.25, 0.3) is 0 Å². The smallest absolute Gasteiger partial charge is 0.265 e. The number of carbonyl (C=O) groups is 1. The van der Waals surface area contributed by atoms with Gasteiger partial charge in [-0.3, -0.25) is 4.79 Å². The molecule has 0 radical (unpaired) electrons. The molecule has 1 heterocycles. The highest BCUT2D eigenvalue weighted by Gasteiger charge is 2.28. The van der Waals surface area contributed by atoms with Crippen molar-refractivity contribution in [3.05, 3.63) is 45.1 Å². The zero-order valence-corrected chi connectivity index (χ0v) is 17.7. The molecule has 1 aliphatic rings. The summed E-state index contributed by atoms with van der Waals surface area (Å²) in [7, 11) is -1.85. The molecule has 5 nitrogen and oxygen atoms in total. The number of hydrogen-bond acceptors (Lipinski definition) is 4. The van der Waals surface area contributed by atoms with Crippen molar-refractivity contribution in [2.75, 3.05) is 12.4 Å². The Bertz CT molecular complexity index is 872. The summed E-state index contributed by atoms with van der Waals surface area (Å²) < 4.78 is 28.0. The second kappa shape index (κ2) is 8.21. The van der Waals surface area contributed by atoms with Crippen molar-refractivity contribution in [2.45, 2.75) is 43.0 Å². The molecule has 26 heavy (non-hydrogen) atoms. The van der Waals surface area contributed by atoms with Crippen molar-refractivity contribution in [3.8, 4) is 0 Å². The van der Waals surface area contributed by atoms with Gasteiger partial charge in [0.15, 0.2) is 0 Å². The van der Waals surface area contributed by atoms with E-state index in [-0.39, 0.29) is 16.8 Å². The largest absolute Gasteiger partial charge is 0.321 e. The lowest BCUT2D eigenvalue weighted by Gasteiger charge is -2.30. The fourth-order valence-electron chi connectivity index (χ4n) is 3.15. The Morgan fingerprint density at radius 1 is 1.12 bits per heavy atom. The van der Waals surface area contributed by atoms with E-state index in [4.69, 9.17) is 0 Å². The first-order valence-electron chi connectivity index (χ1n) is 8.53. The van der Waals surface area contributed by atoms with Crippen LogP contribution in [0, 0.1) is 0 Å². The van der Waals surface area contributed by atoms with Crippen LogP contribution >= 0.6 is 27.3 Å². The minimum absolute atomic E-state index is 0.0744. The van der Waals surface area contributed by atoms with Crippen LogP contribution in [0.15, 0.2) is 45.1 Å². The molecule has 0 saturated heterocycles. The Morgan fingerprint density at radius 2 is 1.77 bits per heavy atom. The summed E-state index contributed by atoms with van der Waals surface area (Å²) in [5, 5.41) is 2.79. The predicted octanol–water partition coefficient (Wildman–Crippen LogP) is 4.72. The number of benzene rings is 1. The average Bonchev–Trinajstić information content (AvgIpc) is 3.09. The molecular weight excluding hydrogens is 436 g/mol. The lowest BCUT2D eigenvalue weighted by atomic mass is 9.96. The molecule has 1 aliphatic carbocycles. The van der Waals surface area contributed by atoms with Gasteiger partial charge >= 0.3 is 0 Å². The quantitative estimate of drug-likeness (QED) is 0.707. The van der Waals surface area contributed by atoms with E-state index in [9.17, 15) is 13.2 Å². The lowest BCUT2D eigenvalue weighted by molar-refractivity contribution is 0.103. The monoisotopic (exact) mass is 456 g/mol. The van der Waals surface area contributed by atoms with Gasteiger partial charge in [0.05, 0.1) is 13.6 Å². The summed E-state index contributed by atoms with van der Waals surface area (Å²) >= 11 is 4.67. The van der Waals surface area contributed by atoms with Gasteiger partial charge in [-0.25, -0.2) is 8.42 Å². The number of halogens is 1. The molecule has 8 heteroatoms. The molecule has 0 aliphatic heterocycles. The predicted molar refractivity (Wildman–Crippen MR) is 108 cm³/mol. The molecule has 1 aromatic carbocycles. The lowest BCUT2D eigenvalue weighted by Crippen LogP contribution is -2.38. The third-order valence-corrected chi connectivity index (χ3v) is 8.22. The first-order valence-corrected chi connectivity index (χ1v) is 11.6. The highest BCUT2D eigenvalue weighted by Crippen LogP contribution is 2.27. The maximum Gasteiger partial charge on any atom is 0.265 e. The summed E-state index contributed by atoms with van der Waals surface area (Å²) in [4.78, 5) is 13.0. The number of rotatable bonds is 5. The zero-order valence-electron chi connectivity index (χ0n) is 14.4. The van der Waals surface area contributed by atoms with E-state index in [1.807, 2.05) is 6.07 Å². The maximum absolute atomic E-state index is 12.8. The number of nitrogens with zero attached hydrogens (tertiary/aromatic N) is 1. The molecule has 1 fully saturated rings. The topological polar surface area (TPSA) is 66.5 Å². The molecule has 0 bridgehead atoms. The third-order valence-electron chi connectivity index (χ3n) is 4.68. The normalized spacial score (nSPS) is 16.0. The number of nitrogens with one attached hydrogen (secondary N) is 1. The Kier molecular flexibility index (Phi) is 6.17. The second-order valence-corrected chi connectivity index (χ2v) is 10.9. The molecule has 2 aromatic rings. The van der Waals surface area contributed by atoms with Gasteiger partial charge in [0.25, 0.3) is 5.91 Å².